The van der Waals surface area contributed by atoms with Gasteiger partial charge in [-0.15, -0.1) is 22.7 Å². The van der Waals surface area contributed by atoms with Gasteiger partial charge in [0, 0.05) is 59.9 Å². The molecule has 2 fully saturated rings. The van der Waals surface area contributed by atoms with Crippen LogP contribution in [-0.4, -0.2) is 186 Å². The summed E-state index contributed by atoms with van der Waals surface area (Å²) in [4.78, 5) is 81.2. The van der Waals surface area contributed by atoms with Crippen LogP contribution in [0, 0.1) is 23.5 Å². The van der Waals surface area contributed by atoms with Crippen LogP contribution in [0.3, 0.4) is 0 Å². The first-order chi connectivity index (χ1) is 43.0. The van der Waals surface area contributed by atoms with Gasteiger partial charge in [-0.25, -0.2) is 47.9 Å². The number of rotatable bonds is 20. The van der Waals surface area contributed by atoms with Crippen molar-refractivity contribution in [2.24, 2.45) is 0 Å². The second kappa shape index (κ2) is 31.7. The van der Waals surface area contributed by atoms with Crippen LogP contribution in [0.25, 0.3) is 43.9 Å². The molecule has 0 unspecified atom stereocenters. The summed E-state index contributed by atoms with van der Waals surface area (Å²) < 4.78 is 71.8. The number of pyridine rings is 2. The maximum atomic E-state index is 14.6. The van der Waals surface area contributed by atoms with Crippen LogP contribution in [0.2, 0.25) is 0 Å². The van der Waals surface area contributed by atoms with E-state index in [4.69, 9.17) is 50.3 Å². The number of nitrogens with one attached hydrogen (secondary N) is 4. The van der Waals surface area contributed by atoms with Gasteiger partial charge in [0.1, 0.15) is 44.2 Å². The standard InChI is InChI=1S/2C23H23F2N7O2S.2C4H6O6/c2*1-2-34-15-5-3-14(4-6-15)32-11-17(21(31-32)20-16(24)7-8-19(25)30-20)28-22(33)18-12-35-23(29-18)13-9-26-27-10-13;2*5-1(3(7)8)2(6)4(9)10/h2*7-12,14-15H,2-6H2,1H3,(H,26,27)(H,28,33);2*1-2,5-6H,(H,7,8)(H,9,10)/t;;2*1-,2-/m..11/s1. The third kappa shape index (κ3) is 17.9. The van der Waals surface area contributed by atoms with Crippen molar-refractivity contribution in [1.29, 1.82) is 0 Å². The third-order valence-corrected chi connectivity index (χ3v) is 15.2. The monoisotopic (exact) mass is 1300 g/mol. The first-order valence-electron chi connectivity index (χ1n) is 27.2. The molecule has 8 aromatic heterocycles. The Morgan fingerprint density at radius 3 is 1.19 bits per heavy atom. The Kier molecular flexibility index (Phi) is 24.1. The molecule has 10 rings (SSSR count). The Bertz CT molecular complexity index is 3450. The quantitative estimate of drug-likeness (QED) is 0.0334. The molecule has 0 radical (unpaired) electrons. The Morgan fingerprint density at radius 1 is 0.544 bits per heavy atom. The number of ether oxygens (including phenoxy) is 2. The van der Waals surface area contributed by atoms with Crippen LogP contribution in [-0.2, 0) is 28.7 Å². The largest absolute Gasteiger partial charge is 0.479 e. The van der Waals surface area contributed by atoms with Gasteiger partial charge in [0.15, 0.2) is 36.1 Å². The molecule has 2 aliphatic rings. The van der Waals surface area contributed by atoms with E-state index in [9.17, 15) is 46.3 Å². The van der Waals surface area contributed by atoms with E-state index >= 15 is 0 Å². The number of carboxylic acids is 4. The first kappa shape index (κ1) is 68.2. The van der Waals surface area contributed by atoms with Crippen LogP contribution in [0.15, 0.2) is 72.2 Å². The van der Waals surface area contributed by atoms with Crippen LogP contribution < -0.4 is 10.6 Å². The lowest BCUT2D eigenvalue weighted by atomic mass is 9.93. The molecule has 0 saturated heterocycles. The lowest BCUT2D eigenvalue weighted by molar-refractivity contribution is -0.165. The van der Waals surface area contributed by atoms with Gasteiger partial charge >= 0.3 is 23.9 Å². The zero-order chi connectivity index (χ0) is 65.3. The fourth-order valence-corrected chi connectivity index (χ4v) is 10.5. The van der Waals surface area contributed by atoms with Gasteiger partial charge in [0.25, 0.3) is 11.8 Å². The molecule has 36 heteroatoms. The average Bonchev–Trinajstić information content (AvgIpc) is 1.73. The Labute approximate surface area is 513 Å². The normalized spacial score (nSPS) is 17.5. The molecule has 480 valence electrons. The number of anilines is 2. The number of H-pyrrole nitrogens is 2. The number of halogens is 4. The summed E-state index contributed by atoms with van der Waals surface area (Å²) in [7, 11) is 0. The molecule has 0 spiro atoms. The van der Waals surface area contributed by atoms with Crippen molar-refractivity contribution in [3.63, 3.8) is 0 Å². The zero-order valence-electron chi connectivity index (χ0n) is 47.3. The number of aromatic amines is 2. The molecule has 0 aromatic carbocycles. The lowest BCUT2D eigenvalue weighted by Gasteiger charge is -2.28. The van der Waals surface area contributed by atoms with Gasteiger partial charge in [0.05, 0.1) is 48.1 Å². The number of carboxylic acid groups (broad SMARTS) is 4. The van der Waals surface area contributed by atoms with Crippen LogP contribution >= 0.6 is 22.7 Å². The Balaban J connectivity index is 0.000000197. The van der Waals surface area contributed by atoms with Crippen molar-refractivity contribution < 1.29 is 96.7 Å². The van der Waals surface area contributed by atoms with E-state index in [1.165, 1.54) is 22.7 Å². The number of aliphatic hydroxyl groups is 4. The van der Waals surface area contributed by atoms with E-state index in [0.717, 1.165) is 86.8 Å². The molecule has 30 nitrogen and oxygen atoms in total. The molecule has 2 aliphatic carbocycles. The first-order valence-corrected chi connectivity index (χ1v) is 28.9. The molecule has 4 atom stereocenters. The Hall–Kier alpha value is -9.30. The van der Waals surface area contributed by atoms with E-state index in [-0.39, 0.29) is 69.8 Å². The number of nitrogens with zero attached hydrogens (tertiary/aromatic N) is 10. The van der Waals surface area contributed by atoms with Crippen molar-refractivity contribution >= 4 is 69.7 Å². The van der Waals surface area contributed by atoms with E-state index in [0.29, 0.717) is 23.2 Å². The highest BCUT2D eigenvalue weighted by molar-refractivity contribution is 7.13. The third-order valence-electron chi connectivity index (χ3n) is 13.4. The van der Waals surface area contributed by atoms with Crippen molar-refractivity contribution in [3.05, 3.63) is 107 Å². The minimum atomic E-state index is -2.27. The minimum Gasteiger partial charge on any atom is -0.479 e. The Morgan fingerprint density at radius 2 is 0.889 bits per heavy atom. The van der Waals surface area contributed by atoms with Gasteiger partial charge in [-0.1, -0.05) is 0 Å². The number of aliphatic hydroxyl groups excluding tert-OH is 4. The molecule has 2 amide bonds. The molecule has 12 N–H and O–H groups in total. The molecular weight excluding hydrogens is 1240 g/mol. The molecule has 8 heterocycles. The molecule has 0 bridgehead atoms. The lowest BCUT2D eigenvalue weighted by Crippen LogP contribution is -2.39. The topological polar surface area (TPSA) is 451 Å². The van der Waals surface area contributed by atoms with Crippen molar-refractivity contribution in [2.75, 3.05) is 23.8 Å². The maximum absolute atomic E-state index is 14.6. The van der Waals surface area contributed by atoms with E-state index in [1.54, 1.807) is 57.3 Å². The van der Waals surface area contributed by atoms with Gasteiger partial charge in [-0.05, 0) is 89.5 Å². The number of carbonyl (C=O) groups is 6. The van der Waals surface area contributed by atoms with E-state index in [2.05, 4.69) is 61.2 Å². The fourth-order valence-electron chi connectivity index (χ4n) is 8.95. The van der Waals surface area contributed by atoms with Gasteiger partial charge in [-0.2, -0.15) is 29.2 Å². The zero-order valence-corrected chi connectivity index (χ0v) is 48.9. The predicted octanol–water partition coefficient (Wildman–Crippen LogP) is 5.44. The molecule has 0 aliphatic heterocycles. The number of aliphatic carboxylic acids is 4. The molecule has 90 heavy (non-hydrogen) atoms. The fraction of sp³-hybridized carbons (Fsp3) is 0.370. The van der Waals surface area contributed by atoms with Gasteiger partial charge in [-0.3, -0.25) is 29.2 Å². The SMILES string of the molecule is CCOC1CCC(n2cc(NC(=O)c3csc(-c4cn[nH]c4)n3)c(-c3nc(F)ccc3F)n2)CC1.CCOC1CCC(n2cc(NC(=O)c3csc(-c4cn[nH]c4)n3)c(-c3nc(F)ccc3F)n2)CC1.O=C(O)[C@H](O)[C@@H](O)C(=O)O.O=C(O)[C@H](O)[C@@H](O)C(=O)O. The highest BCUT2D eigenvalue weighted by Crippen LogP contribution is 2.37. The second-order valence-electron chi connectivity index (χ2n) is 19.5. The number of hydrogen-bond donors (Lipinski definition) is 12. The number of hydrogen-bond acceptors (Lipinski definition) is 22. The van der Waals surface area contributed by atoms with Gasteiger partial charge in [0.2, 0.25) is 11.9 Å². The van der Waals surface area contributed by atoms with Crippen molar-refractivity contribution in [2.45, 2.75) is 114 Å². The summed E-state index contributed by atoms with van der Waals surface area (Å²) in [6.45, 7) is 5.28. The molecule has 8 aromatic rings. The maximum Gasteiger partial charge on any atom is 0.335 e. The van der Waals surface area contributed by atoms with E-state index < -0.39 is 83.6 Å². The summed E-state index contributed by atoms with van der Waals surface area (Å²) >= 11 is 2.59. The van der Waals surface area contributed by atoms with Crippen LogP contribution in [0.5, 0.6) is 0 Å². The van der Waals surface area contributed by atoms with E-state index in [1.807, 2.05) is 13.8 Å². The molecule has 2 saturated carbocycles. The molecular formula is C54H58F4N14O16S2. The number of aromatic nitrogens is 12. The average molecular weight is 1300 g/mol. The minimum absolute atomic E-state index is 0.0414. The van der Waals surface area contributed by atoms with Crippen molar-refractivity contribution in [1.82, 2.24) is 59.9 Å². The summed E-state index contributed by atoms with van der Waals surface area (Å²) in [5, 5.41) is 97.3. The van der Waals surface area contributed by atoms with Crippen molar-refractivity contribution in [3.8, 4) is 43.9 Å². The number of carbonyl (C=O) groups excluding carboxylic acids is 2. The highest BCUT2D eigenvalue weighted by atomic mass is 32.1. The highest BCUT2D eigenvalue weighted by Gasteiger charge is 2.32. The second-order valence-corrected chi connectivity index (χ2v) is 21.2. The van der Waals surface area contributed by atoms with Crippen LogP contribution in [0.1, 0.15) is 98.3 Å². The summed E-state index contributed by atoms with van der Waals surface area (Å²) in [5.41, 5.74) is 1.96. The number of thiazole rings is 2. The summed E-state index contributed by atoms with van der Waals surface area (Å²) in [6, 6.07) is 3.95. The predicted molar refractivity (Wildman–Crippen MR) is 306 cm³/mol. The summed E-state index contributed by atoms with van der Waals surface area (Å²) in [6.07, 6.45) is 8.00. The number of amides is 2. The van der Waals surface area contributed by atoms with Crippen LogP contribution in [0.4, 0.5) is 28.9 Å². The summed E-state index contributed by atoms with van der Waals surface area (Å²) in [5.74, 6) is -11.2. The van der Waals surface area contributed by atoms with Gasteiger partial charge < -0.3 is 61.0 Å². The smallest absolute Gasteiger partial charge is 0.335 e.